The number of unbranched alkanes of at least 4 members (excludes halogenated alkanes) is 15. The summed E-state index contributed by atoms with van der Waals surface area (Å²) in [5, 5.41) is 10.7. The summed E-state index contributed by atoms with van der Waals surface area (Å²) in [6.45, 7) is 3.06. The largest absolute Gasteiger partial charge is 0.506 e. The number of benzene rings is 1. The van der Waals surface area contributed by atoms with Gasteiger partial charge >= 0.3 is 0 Å². The predicted octanol–water partition coefficient (Wildman–Crippen LogP) is 9.38. The Morgan fingerprint density at radius 2 is 1.17 bits per heavy atom. The predicted molar refractivity (Wildman–Crippen MR) is 130 cm³/mol. The van der Waals surface area contributed by atoms with Crippen LogP contribution in [0.4, 0.5) is 0 Å². The van der Waals surface area contributed by atoms with Gasteiger partial charge in [-0.05, 0) is 18.6 Å². The minimum absolute atomic E-state index is 0.0480. The smallest absolute Gasteiger partial charge is 0.143 e. The van der Waals surface area contributed by atoms with Crippen molar-refractivity contribution in [2.24, 2.45) is 4.99 Å². The van der Waals surface area contributed by atoms with E-state index in [0.717, 1.165) is 13.0 Å². The second-order valence-corrected chi connectivity index (χ2v) is 9.01. The SMILES string of the molecule is CCCCCCCCCCCCCCCCCCN=Cc1cc(Cl)cc(Cl)c1O. The molecule has 2 nitrogen and oxygen atoms in total. The second kappa shape index (κ2) is 18.1. The molecule has 0 unspecified atom stereocenters. The Kier molecular flexibility index (Phi) is 16.4. The van der Waals surface area contributed by atoms with E-state index in [0.29, 0.717) is 10.6 Å². The van der Waals surface area contributed by atoms with Gasteiger partial charge in [0.2, 0.25) is 0 Å². The van der Waals surface area contributed by atoms with E-state index in [-0.39, 0.29) is 10.8 Å². The van der Waals surface area contributed by atoms with E-state index in [1.807, 2.05) is 0 Å². The molecule has 0 fully saturated rings. The maximum atomic E-state index is 9.88. The van der Waals surface area contributed by atoms with Crippen LogP contribution in [0.25, 0.3) is 0 Å². The molecule has 0 atom stereocenters. The van der Waals surface area contributed by atoms with E-state index < -0.39 is 0 Å². The van der Waals surface area contributed by atoms with Gasteiger partial charge in [0, 0.05) is 23.3 Å². The lowest BCUT2D eigenvalue weighted by atomic mass is 10.0. The van der Waals surface area contributed by atoms with E-state index in [2.05, 4.69) is 11.9 Å². The maximum Gasteiger partial charge on any atom is 0.143 e. The molecule has 0 aliphatic carbocycles. The average Bonchev–Trinajstić information content (AvgIpc) is 2.70. The van der Waals surface area contributed by atoms with Gasteiger partial charge in [0.25, 0.3) is 0 Å². The average molecular weight is 443 g/mol. The van der Waals surface area contributed by atoms with Gasteiger partial charge < -0.3 is 5.11 Å². The molecule has 0 spiro atoms. The third-order valence-corrected chi connectivity index (χ3v) is 5.94. The zero-order valence-corrected chi connectivity index (χ0v) is 19.9. The van der Waals surface area contributed by atoms with Crippen molar-refractivity contribution in [1.82, 2.24) is 0 Å². The van der Waals surface area contributed by atoms with Gasteiger partial charge in [-0.1, -0.05) is 126 Å². The lowest BCUT2D eigenvalue weighted by molar-refractivity contribution is 0.474. The summed E-state index contributed by atoms with van der Waals surface area (Å²) in [7, 11) is 0. The van der Waals surface area contributed by atoms with Gasteiger partial charge in [-0.15, -0.1) is 0 Å². The molecule has 0 bridgehead atoms. The van der Waals surface area contributed by atoms with Crippen LogP contribution in [-0.2, 0) is 0 Å². The summed E-state index contributed by atoms with van der Waals surface area (Å²) in [6, 6.07) is 3.21. The minimum Gasteiger partial charge on any atom is -0.506 e. The van der Waals surface area contributed by atoms with E-state index in [4.69, 9.17) is 23.2 Å². The fraction of sp³-hybridized carbons (Fsp3) is 0.720. The Hall–Kier alpha value is -0.730. The highest BCUT2D eigenvalue weighted by Gasteiger charge is 2.05. The number of phenols is 1. The monoisotopic (exact) mass is 441 g/mol. The molecule has 29 heavy (non-hydrogen) atoms. The Bertz CT molecular complexity index is 560. The van der Waals surface area contributed by atoms with Crippen LogP contribution in [-0.4, -0.2) is 17.9 Å². The lowest BCUT2D eigenvalue weighted by Crippen LogP contribution is -1.88. The first kappa shape index (κ1) is 26.3. The molecule has 0 radical (unpaired) electrons. The summed E-state index contributed by atoms with van der Waals surface area (Å²) in [5.74, 6) is 0.0480. The van der Waals surface area contributed by atoms with Gasteiger partial charge in [0.05, 0.1) is 5.02 Å². The third kappa shape index (κ3) is 14.0. The van der Waals surface area contributed by atoms with Crippen molar-refractivity contribution in [1.29, 1.82) is 0 Å². The Labute approximate surface area is 189 Å². The molecule has 0 saturated heterocycles. The van der Waals surface area contributed by atoms with Crippen molar-refractivity contribution in [2.45, 2.75) is 110 Å². The summed E-state index contributed by atoms with van der Waals surface area (Å²) in [4.78, 5) is 4.39. The van der Waals surface area contributed by atoms with Crippen molar-refractivity contribution in [3.8, 4) is 5.75 Å². The fourth-order valence-corrected chi connectivity index (χ4v) is 4.11. The van der Waals surface area contributed by atoms with Gasteiger partial charge in [0.15, 0.2) is 0 Å². The van der Waals surface area contributed by atoms with Crippen LogP contribution >= 0.6 is 23.2 Å². The van der Waals surface area contributed by atoms with Crippen molar-refractivity contribution in [3.63, 3.8) is 0 Å². The summed E-state index contributed by atoms with van der Waals surface area (Å²) in [5.41, 5.74) is 0.582. The van der Waals surface area contributed by atoms with Crippen LogP contribution in [0, 0.1) is 0 Å². The molecule has 0 aliphatic rings. The van der Waals surface area contributed by atoms with Crippen LogP contribution in [0.2, 0.25) is 10.0 Å². The van der Waals surface area contributed by atoms with E-state index in [1.165, 1.54) is 102 Å². The highest BCUT2D eigenvalue weighted by atomic mass is 35.5. The van der Waals surface area contributed by atoms with Crippen LogP contribution in [0.15, 0.2) is 17.1 Å². The molecule has 1 aromatic carbocycles. The number of halogens is 2. The molecule has 1 rings (SSSR count). The first-order valence-corrected chi connectivity index (χ1v) is 12.6. The topological polar surface area (TPSA) is 32.6 Å². The minimum atomic E-state index is 0.0480. The van der Waals surface area contributed by atoms with Crippen LogP contribution in [0.5, 0.6) is 5.75 Å². The number of aromatic hydroxyl groups is 1. The van der Waals surface area contributed by atoms with E-state index in [1.54, 1.807) is 12.3 Å². The van der Waals surface area contributed by atoms with Crippen molar-refractivity contribution < 1.29 is 5.11 Å². The van der Waals surface area contributed by atoms with E-state index in [9.17, 15) is 5.11 Å². The van der Waals surface area contributed by atoms with Gasteiger partial charge in [-0.25, -0.2) is 0 Å². The number of phenolic OH excluding ortho intramolecular Hbond substituents is 1. The number of aliphatic imine (C=N–C) groups is 1. The molecule has 4 heteroatoms. The number of nitrogens with zero attached hydrogens (tertiary/aromatic N) is 1. The third-order valence-electron chi connectivity index (χ3n) is 5.43. The normalized spacial score (nSPS) is 11.6. The molecule has 1 aromatic rings. The summed E-state index contributed by atoms with van der Waals surface area (Å²) >= 11 is 11.9. The van der Waals surface area contributed by atoms with Crippen LogP contribution in [0.1, 0.15) is 115 Å². The molecule has 0 saturated carbocycles. The quantitative estimate of drug-likeness (QED) is 0.178. The van der Waals surface area contributed by atoms with Crippen LogP contribution in [0.3, 0.4) is 0 Å². The zero-order valence-electron chi connectivity index (χ0n) is 18.4. The maximum absolute atomic E-state index is 9.88. The molecule has 0 aromatic heterocycles. The van der Waals surface area contributed by atoms with E-state index >= 15 is 0 Å². The highest BCUT2D eigenvalue weighted by Crippen LogP contribution is 2.30. The molecule has 0 aliphatic heterocycles. The van der Waals surface area contributed by atoms with Crippen molar-refractivity contribution >= 4 is 29.4 Å². The van der Waals surface area contributed by atoms with Crippen molar-refractivity contribution in [2.75, 3.05) is 6.54 Å². The van der Waals surface area contributed by atoms with Crippen LogP contribution < -0.4 is 0 Å². The molecule has 0 heterocycles. The number of hydrogen-bond donors (Lipinski definition) is 1. The zero-order chi connectivity index (χ0) is 21.2. The first-order valence-electron chi connectivity index (χ1n) is 11.8. The van der Waals surface area contributed by atoms with Gasteiger partial charge in [-0.2, -0.15) is 0 Å². The fourth-order valence-electron chi connectivity index (χ4n) is 3.60. The lowest BCUT2D eigenvalue weighted by Gasteiger charge is -2.03. The van der Waals surface area contributed by atoms with Gasteiger partial charge in [-0.3, -0.25) is 4.99 Å². The first-order chi connectivity index (χ1) is 14.1. The summed E-state index contributed by atoms with van der Waals surface area (Å²) < 4.78 is 0. The highest BCUT2D eigenvalue weighted by molar-refractivity contribution is 6.36. The standard InChI is InChI=1S/C25H41Cl2NO/c1-2-3-4-5-6-7-8-9-10-11-12-13-14-15-16-17-18-28-21-22-19-23(26)20-24(27)25(22)29/h19-21,29H,2-18H2,1H3. The second-order valence-electron chi connectivity index (χ2n) is 8.16. The molecule has 0 amide bonds. The Morgan fingerprint density at radius 3 is 1.66 bits per heavy atom. The number of rotatable bonds is 18. The molecular formula is C25H41Cl2NO. The van der Waals surface area contributed by atoms with Crippen molar-refractivity contribution in [3.05, 3.63) is 27.7 Å². The molecule has 1 N–H and O–H groups in total. The Balaban J connectivity index is 1.87. The van der Waals surface area contributed by atoms with Gasteiger partial charge in [0.1, 0.15) is 5.75 Å². The molecular weight excluding hydrogens is 401 g/mol. The Morgan fingerprint density at radius 1 is 0.724 bits per heavy atom. The number of hydrogen-bond acceptors (Lipinski definition) is 2. The summed E-state index contributed by atoms with van der Waals surface area (Å²) in [6.07, 6.45) is 23.6. The molecule has 166 valence electrons.